The quantitative estimate of drug-likeness (QED) is 0.382. The van der Waals surface area contributed by atoms with Gasteiger partial charge in [-0.1, -0.05) is 12.1 Å². The molecule has 25 heavy (non-hydrogen) atoms. The predicted octanol–water partition coefficient (Wildman–Crippen LogP) is 1.91. The molecule has 3 N–H and O–H groups in total. The fraction of sp³-hybridized carbons (Fsp3) is 0.250. The van der Waals surface area contributed by atoms with Crippen LogP contribution >= 0.6 is 0 Å². The molecule has 1 aromatic heterocycles. The molecule has 0 fully saturated rings. The lowest BCUT2D eigenvalue weighted by Gasteiger charge is -2.10. The molecule has 132 valence electrons. The van der Waals surface area contributed by atoms with Crippen LogP contribution in [0, 0.1) is 10.1 Å². The Morgan fingerprint density at radius 2 is 2.04 bits per heavy atom. The van der Waals surface area contributed by atoms with Gasteiger partial charge in [0.25, 0.3) is 5.69 Å². The molecule has 0 aliphatic rings. The summed E-state index contributed by atoms with van der Waals surface area (Å²) >= 11 is 0. The Bertz CT molecular complexity index is 738. The fourth-order valence-electron chi connectivity index (χ4n) is 2.07. The number of nitro groups is 1. The van der Waals surface area contributed by atoms with Gasteiger partial charge in [-0.25, -0.2) is 9.78 Å². The summed E-state index contributed by atoms with van der Waals surface area (Å²) in [5.74, 6) is 0.480. The highest BCUT2D eigenvalue weighted by Crippen LogP contribution is 2.22. The van der Waals surface area contributed by atoms with Gasteiger partial charge in [0.1, 0.15) is 5.69 Å². The number of methoxy groups -OCH3 is 1. The lowest BCUT2D eigenvalue weighted by molar-refractivity contribution is -0.384. The Balaban J connectivity index is 1.71. The first-order valence-electron chi connectivity index (χ1n) is 7.58. The minimum atomic E-state index is -0.453. The van der Waals surface area contributed by atoms with E-state index < -0.39 is 4.92 Å². The van der Waals surface area contributed by atoms with E-state index in [4.69, 9.17) is 4.74 Å². The molecule has 0 atom stereocenters. The number of nitrogens with zero attached hydrogens (tertiary/aromatic N) is 2. The summed E-state index contributed by atoms with van der Waals surface area (Å²) in [6.45, 7) is 1.02. The van der Waals surface area contributed by atoms with Gasteiger partial charge in [0.05, 0.1) is 12.0 Å². The van der Waals surface area contributed by atoms with Gasteiger partial charge in [-0.3, -0.25) is 10.1 Å². The monoisotopic (exact) mass is 345 g/mol. The first-order chi connectivity index (χ1) is 12.1. The number of carbonyl (C=O) groups excluding carboxylic acids is 1. The van der Waals surface area contributed by atoms with E-state index in [1.807, 2.05) is 0 Å². The molecule has 2 amide bonds. The molecule has 9 heteroatoms. The zero-order chi connectivity index (χ0) is 18.1. The highest BCUT2D eigenvalue weighted by Gasteiger charge is 2.11. The summed E-state index contributed by atoms with van der Waals surface area (Å²) in [6, 6.07) is 9.53. The maximum absolute atomic E-state index is 11.8. The van der Waals surface area contributed by atoms with Crippen molar-refractivity contribution in [3.05, 3.63) is 58.3 Å². The molecule has 0 unspecified atom stereocenters. The Morgan fingerprint density at radius 1 is 1.24 bits per heavy atom. The van der Waals surface area contributed by atoms with Gasteiger partial charge >= 0.3 is 6.03 Å². The van der Waals surface area contributed by atoms with Crippen molar-refractivity contribution in [3.63, 3.8) is 0 Å². The van der Waals surface area contributed by atoms with Crippen molar-refractivity contribution >= 4 is 17.4 Å². The van der Waals surface area contributed by atoms with Crippen molar-refractivity contribution in [2.24, 2.45) is 0 Å². The number of benzene rings is 1. The van der Waals surface area contributed by atoms with Gasteiger partial charge in [-0.2, -0.15) is 0 Å². The number of urea groups is 1. The van der Waals surface area contributed by atoms with Crippen LogP contribution in [0.15, 0.2) is 42.6 Å². The first-order valence-corrected chi connectivity index (χ1v) is 7.58. The largest absolute Gasteiger partial charge is 0.481 e. The van der Waals surface area contributed by atoms with Gasteiger partial charge in [-0.05, 0) is 17.7 Å². The van der Waals surface area contributed by atoms with E-state index in [1.165, 1.54) is 13.2 Å². The van der Waals surface area contributed by atoms with Gasteiger partial charge in [0, 0.05) is 38.0 Å². The predicted molar refractivity (Wildman–Crippen MR) is 92.6 cm³/mol. The van der Waals surface area contributed by atoms with Gasteiger partial charge < -0.3 is 20.7 Å². The Labute approximate surface area is 144 Å². The second-order valence-electron chi connectivity index (χ2n) is 5.02. The molecular formula is C16H19N5O4. The van der Waals surface area contributed by atoms with Crippen LogP contribution in [0.1, 0.15) is 5.56 Å². The number of nitrogens with one attached hydrogen (secondary N) is 3. The Morgan fingerprint density at radius 3 is 2.80 bits per heavy atom. The molecule has 0 aliphatic heterocycles. The number of hydrogen-bond donors (Lipinski definition) is 3. The van der Waals surface area contributed by atoms with Gasteiger partial charge in [0.2, 0.25) is 5.88 Å². The van der Waals surface area contributed by atoms with Crippen LogP contribution in [-0.2, 0) is 6.54 Å². The zero-order valence-electron chi connectivity index (χ0n) is 13.7. The second kappa shape index (κ2) is 9.06. The lowest BCUT2D eigenvalue weighted by Crippen LogP contribution is -2.37. The lowest BCUT2D eigenvalue weighted by atomic mass is 10.2. The molecule has 0 saturated carbocycles. The van der Waals surface area contributed by atoms with Crippen LogP contribution in [0.3, 0.4) is 0 Å². The van der Waals surface area contributed by atoms with E-state index in [2.05, 4.69) is 20.9 Å². The van der Waals surface area contributed by atoms with Crippen LogP contribution in [0.5, 0.6) is 5.88 Å². The zero-order valence-corrected chi connectivity index (χ0v) is 13.7. The van der Waals surface area contributed by atoms with E-state index >= 15 is 0 Å². The Hall–Kier alpha value is -3.36. The van der Waals surface area contributed by atoms with E-state index in [0.29, 0.717) is 31.2 Å². The first kappa shape index (κ1) is 18.0. The summed E-state index contributed by atoms with van der Waals surface area (Å²) in [7, 11) is 1.52. The van der Waals surface area contributed by atoms with Crippen molar-refractivity contribution in [1.29, 1.82) is 0 Å². The number of ether oxygens (including phenoxy) is 1. The highest BCUT2D eigenvalue weighted by molar-refractivity contribution is 5.73. The molecule has 0 aliphatic carbocycles. The summed E-state index contributed by atoms with van der Waals surface area (Å²) in [6.07, 6.45) is 1.60. The van der Waals surface area contributed by atoms with Crippen LogP contribution in [0.2, 0.25) is 0 Å². The normalized spacial score (nSPS) is 9.96. The number of rotatable bonds is 8. The van der Waals surface area contributed by atoms with E-state index in [1.54, 1.807) is 36.5 Å². The van der Waals surface area contributed by atoms with E-state index in [9.17, 15) is 14.9 Å². The summed E-state index contributed by atoms with van der Waals surface area (Å²) < 4.78 is 5.01. The molecule has 9 nitrogen and oxygen atoms in total. The number of pyridine rings is 1. The number of carbonyl (C=O) groups is 1. The molecule has 0 spiro atoms. The van der Waals surface area contributed by atoms with Crippen molar-refractivity contribution in [3.8, 4) is 5.88 Å². The smallest absolute Gasteiger partial charge is 0.315 e. The number of hydrogen-bond acceptors (Lipinski definition) is 6. The van der Waals surface area contributed by atoms with Gasteiger partial charge in [0.15, 0.2) is 0 Å². The van der Waals surface area contributed by atoms with Crippen LogP contribution in [0.25, 0.3) is 0 Å². The molecular weight excluding hydrogens is 326 g/mol. The number of aromatic nitrogens is 1. The number of anilines is 1. The minimum Gasteiger partial charge on any atom is -0.481 e. The average molecular weight is 345 g/mol. The van der Waals surface area contributed by atoms with Crippen molar-refractivity contribution in [2.45, 2.75) is 6.54 Å². The van der Waals surface area contributed by atoms with E-state index in [0.717, 1.165) is 5.56 Å². The van der Waals surface area contributed by atoms with E-state index in [-0.39, 0.29) is 11.7 Å². The van der Waals surface area contributed by atoms with Crippen LogP contribution in [0.4, 0.5) is 16.2 Å². The molecule has 0 radical (unpaired) electrons. The standard InChI is InChI=1S/C16H19N5O4/c1-25-15-10-12(6-7-18-15)11-20-16(22)19-9-8-17-13-4-2-3-5-14(13)21(23)24/h2-7,10,17H,8-9,11H2,1H3,(H2,19,20,22). The molecule has 0 bridgehead atoms. The number of nitro benzene ring substituents is 1. The van der Waals surface area contributed by atoms with Gasteiger partial charge in [-0.15, -0.1) is 0 Å². The third-order valence-electron chi connectivity index (χ3n) is 3.29. The fourth-order valence-corrected chi connectivity index (χ4v) is 2.07. The SMILES string of the molecule is COc1cc(CNC(=O)NCCNc2ccccc2[N+](=O)[O-])ccn1. The van der Waals surface area contributed by atoms with Crippen molar-refractivity contribution < 1.29 is 14.5 Å². The summed E-state index contributed by atoms with van der Waals surface area (Å²) in [5.41, 5.74) is 1.28. The number of amides is 2. The minimum absolute atomic E-state index is 0.00131. The number of para-hydroxylation sites is 2. The summed E-state index contributed by atoms with van der Waals surface area (Å²) in [5, 5.41) is 19.2. The molecule has 2 rings (SSSR count). The molecule has 1 aromatic carbocycles. The van der Waals surface area contributed by atoms with Crippen LogP contribution in [-0.4, -0.2) is 36.1 Å². The highest BCUT2D eigenvalue weighted by atomic mass is 16.6. The summed E-state index contributed by atoms with van der Waals surface area (Å²) in [4.78, 5) is 26.2. The third kappa shape index (κ3) is 5.65. The third-order valence-corrected chi connectivity index (χ3v) is 3.29. The second-order valence-corrected chi connectivity index (χ2v) is 5.02. The topological polar surface area (TPSA) is 118 Å². The maximum Gasteiger partial charge on any atom is 0.315 e. The maximum atomic E-state index is 11.8. The van der Waals surface area contributed by atoms with Crippen molar-refractivity contribution in [2.75, 3.05) is 25.5 Å². The average Bonchev–Trinajstić information content (AvgIpc) is 2.64. The Kier molecular flexibility index (Phi) is 6.52. The van der Waals surface area contributed by atoms with Crippen molar-refractivity contribution in [1.82, 2.24) is 15.6 Å². The van der Waals surface area contributed by atoms with Crippen LogP contribution < -0.4 is 20.7 Å². The molecule has 1 heterocycles. The molecule has 0 saturated heterocycles. The molecule has 2 aromatic rings.